The number of non-ortho nitro benzene ring substituents is 1. The molecule has 0 bridgehead atoms. The Morgan fingerprint density at radius 2 is 1.36 bits per heavy atom. The molecule has 1 aromatic carbocycles. The number of amides is 1. The first-order chi connectivity index (χ1) is 21.9. The third kappa shape index (κ3) is 20.6. The topological polar surface area (TPSA) is 163 Å². The van der Waals surface area contributed by atoms with Crippen LogP contribution in [-0.2, 0) is 24.2 Å². The Labute approximate surface area is 281 Å². The van der Waals surface area contributed by atoms with Gasteiger partial charge in [-0.1, -0.05) is 77.2 Å². The van der Waals surface area contributed by atoms with Gasteiger partial charge in [0.15, 0.2) is 0 Å². The number of ether oxygens (including phenoxy) is 3. The van der Waals surface area contributed by atoms with Gasteiger partial charge in [-0.15, -0.1) is 0 Å². The van der Waals surface area contributed by atoms with Crippen molar-refractivity contribution in [3.8, 4) is 0 Å². The van der Waals surface area contributed by atoms with Crippen LogP contribution in [0.5, 0.6) is 0 Å². The molecule has 47 heavy (non-hydrogen) atoms. The van der Waals surface area contributed by atoms with E-state index in [0.717, 1.165) is 49.9 Å². The minimum absolute atomic E-state index is 0.195. The Morgan fingerprint density at radius 3 is 1.85 bits per heavy atom. The van der Waals surface area contributed by atoms with E-state index in [1.165, 1.54) is 51.4 Å². The van der Waals surface area contributed by atoms with E-state index in [-0.39, 0.29) is 17.0 Å². The molecule has 0 saturated heterocycles. The van der Waals surface area contributed by atoms with Gasteiger partial charge in [0.05, 0.1) is 9.82 Å². The van der Waals surface area contributed by atoms with Crippen LogP contribution in [0.3, 0.4) is 0 Å². The molecule has 0 saturated carbocycles. The summed E-state index contributed by atoms with van der Waals surface area (Å²) in [5.41, 5.74) is -1.97. The summed E-state index contributed by atoms with van der Waals surface area (Å²) in [4.78, 5) is 35.4. The zero-order valence-electron chi connectivity index (χ0n) is 29.3. The molecule has 1 amide bonds. The van der Waals surface area contributed by atoms with Crippen molar-refractivity contribution in [1.29, 1.82) is 0 Å². The number of hydrogen-bond acceptors (Lipinski definition) is 9. The largest absolute Gasteiger partial charge is 0.509 e. The van der Waals surface area contributed by atoms with Gasteiger partial charge in [-0.3, -0.25) is 10.1 Å². The molecule has 0 aliphatic carbocycles. The predicted molar refractivity (Wildman–Crippen MR) is 183 cm³/mol. The number of hydrogen-bond donors (Lipinski definition) is 2. The van der Waals surface area contributed by atoms with Gasteiger partial charge in [0.1, 0.15) is 23.5 Å². The van der Waals surface area contributed by atoms with E-state index in [2.05, 4.69) is 17.0 Å². The lowest BCUT2D eigenvalue weighted by Crippen LogP contribution is -2.50. The molecule has 2 atom stereocenters. The second-order valence-corrected chi connectivity index (χ2v) is 15.4. The molecule has 268 valence electrons. The Kier molecular flexibility index (Phi) is 18.6. The van der Waals surface area contributed by atoms with Gasteiger partial charge in [0.2, 0.25) is 10.0 Å². The van der Waals surface area contributed by atoms with Crippen molar-refractivity contribution in [2.45, 2.75) is 160 Å². The summed E-state index contributed by atoms with van der Waals surface area (Å²) in [6.45, 7) is 12.3. The lowest BCUT2D eigenvalue weighted by molar-refractivity contribution is -0.384. The van der Waals surface area contributed by atoms with E-state index in [1.807, 2.05) is 6.08 Å². The molecule has 0 aliphatic rings. The van der Waals surface area contributed by atoms with E-state index < -0.39 is 50.7 Å². The maximum absolute atomic E-state index is 13.2. The highest BCUT2D eigenvalue weighted by Gasteiger charge is 2.29. The smallest absolute Gasteiger partial charge is 0.444 e. The normalized spacial score (nSPS) is 13.6. The van der Waals surface area contributed by atoms with E-state index in [4.69, 9.17) is 14.2 Å². The van der Waals surface area contributed by atoms with Crippen LogP contribution in [0.15, 0.2) is 41.3 Å². The first-order valence-corrected chi connectivity index (χ1v) is 18.2. The van der Waals surface area contributed by atoms with Crippen molar-refractivity contribution < 1.29 is 37.1 Å². The molecule has 0 aliphatic heterocycles. The zero-order valence-corrected chi connectivity index (χ0v) is 30.2. The molecular formula is C34H57N3O9S. The number of rotatable bonds is 21. The highest BCUT2D eigenvalue weighted by Crippen LogP contribution is 2.19. The molecule has 0 spiro atoms. The molecular weight excluding hydrogens is 626 g/mol. The van der Waals surface area contributed by atoms with Crippen LogP contribution in [0.25, 0.3) is 0 Å². The molecule has 2 unspecified atom stereocenters. The number of carbonyl (C=O) groups excluding carboxylic acids is 2. The SMILES string of the molecule is CCCCCCCCCCCCC/C=C/C(CC(NC(=O)OC(C)(C)C)NS(=O)(=O)c1ccc([N+](=O)[O-])cc1)OC(=O)OC(C)(C)C. The lowest BCUT2D eigenvalue weighted by Gasteiger charge is -2.27. The van der Waals surface area contributed by atoms with Crippen molar-refractivity contribution in [2.75, 3.05) is 0 Å². The van der Waals surface area contributed by atoms with Crippen molar-refractivity contribution in [2.24, 2.45) is 0 Å². The standard InChI is InChI=1S/C34H57N3O9S/c1-8-9-10-11-12-13-14-15-16-17-18-19-20-21-28(44-32(39)46-34(5,6)7)26-30(35-31(38)45-33(2,3)4)36-47(42,43)29-24-22-27(23-25-29)37(40)41/h20-25,28,30,36H,8-19,26H2,1-7H3,(H,35,38)/b21-20+. The molecule has 12 nitrogen and oxygen atoms in total. The number of benzene rings is 1. The third-order valence-electron chi connectivity index (χ3n) is 6.78. The molecule has 0 aromatic heterocycles. The average Bonchev–Trinajstić information content (AvgIpc) is 2.93. The van der Waals surface area contributed by atoms with Crippen molar-refractivity contribution in [3.63, 3.8) is 0 Å². The molecule has 13 heteroatoms. The Balaban J connectivity index is 2.98. The molecule has 1 rings (SSSR count). The first kappa shape index (κ1) is 41.8. The van der Waals surface area contributed by atoms with Crippen molar-refractivity contribution in [3.05, 3.63) is 46.5 Å². The van der Waals surface area contributed by atoms with Crippen LogP contribution in [-0.4, -0.2) is 49.1 Å². The lowest BCUT2D eigenvalue weighted by atomic mass is 10.0. The fourth-order valence-electron chi connectivity index (χ4n) is 4.56. The number of nitro groups is 1. The summed E-state index contributed by atoms with van der Waals surface area (Å²) in [6.07, 6.45) is 13.4. The summed E-state index contributed by atoms with van der Waals surface area (Å²) in [5, 5.41) is 13.5. The number of sulfonamides is 1. The van der Waals surface area contributed by atoms with Gasteiger partial charge in [-0.25, -0.2) is 18.0 Å². The maximum Gasteiger partial charge on any atom is 0.509 e. The zero-order chi connectivity index (χ0) is 35.5. The second-order valence-electron chi connectivity index (χ2n) is 13.7. The minimum Gasteiger partial charge on any atom is -0.444 e. The second kappa shape index (κ2) is 20.9. The molecule has 1 aromatic rings. The number of nitrogens with zero attached hydrogens (tertiary/aromatic N) is 1. The summed E-state index contributed by atoms with van der Waals surface area (Å²) in [7, 11) is -4.28. The number of nitrogens with one attached hydrogen (secondary N) is 2. The minimum atomic E-state index is -4.28. The number of nitro benzene ring substituents is 1. The summed E-state index contributed by atoms with van der Waals surface area (Å²) in [5.74, 6) is 0. The molecule has 0 radical (unpaired) electrons. The first-order valence-electron chi connectivity index (χ1n) is 16.7. The number of carbonyl (C=O) groups is 2. The monoisotopic (exact) mass is 683 g/mol. The fraction of sp³-hybridized carbons (Fsp3) is 0.706. The highest BCUT2D eigenvalue weighted by atomic mass is 32.2. The van der Waals surface area contributed by atoms with Crippen LogP contribution in [0.2, 0.25) is 0 Å². The number of unbranched alkanes of at least 4 members (excludes halogenated alkanes) is 11. The van der Waals surface area contributed by atoms with E-state index in [9.17, 15) is 28.1 Å². The van der Waals surface area contributed by atoms with Crippen molar-refractivity contribution >= 4 is 28.0 Å². The van der Waals surface area contributed by atoms with Gasteiger partial charge >= 0.3 is 12.2 Å². The molecule has 2 N–H and O–H groups in total. The van der Waals surface area contributed by atoms with Crippen LogP contribution in [0, 0.1) is 10.1 Å². The summed E-state index contributed by atoms with van der Waals surface area (Å²) >= 11 is 0. The Hall–Kier alpha value is -3.19. The van der Waals surface area contributed by atoms with Crippen LogP contribution < -0.4 is 10.0 Å². The van der Waals surface area contributed by atoms with Crippen LogP contribution in [0.4, 0.5) is 15.3 Å². The predicted octanol–water partition coefficient (Wildman–Crippen LogP) is 8.69. The van der Waals surface area contributed by atoms with E-state index in [1.54, 1.807) is 47.6 Å². The van der Waals surface area contributed by atoms with Gasteiger partial charge < -0.3 is 19.5 Å². The Morgan fingerprint density at radius 1 is 0.851 bits per heavy atom. The summed E-state index contributed by atoms with van der Waals surface area (Å²) in [6, 6.07) is 4.31. The van der Waals surface area contributed by atoms with Crippen LogP contribution >= 0.6 is 0 Å². The van der Waals surface area contributed by atoms with Gasteiger partial charge in [-0.2, -0.15) is 4.72 Å². The fourth-order valence-corrected chi connectivity index (χ4v) is 5.72. The Bertz CT molecular complexity index is 1220. The van der Waals surface area contributed by atoms with Gasteiger partial charge in [0.25, 0.3) is 5.69 Å². The van der Waals surface area contributed by atoms with E-state index >= 15 is 0 Å². The number of allylic oxidation sites excluding steroid dienone is 1. The van der Waals surface area contributed by atoms with E-state index in [0.29, 0.717) is 0 Å². The molecule has 0 fully saturated rings. The number of alkyl carbamates (subject to hydrolysis) is 1. The third-order valence-corrected chi connectivity index (χ3v) is 8.26. The van der Waals surface area contributed by atoms with Gasteiger partial charge in [0, 0.05) is 18.6 Å². The highest BCUT2D eigenvalue weighted by molar-refractivity contribution is 7.89. The maximum atomic E-state index is 13.2. The van der Waals surface area contributed by atoms with Crippen LogP contribution in [0.1, 0.15) is 132 Å². The summed E-state index contributed by atoms with van der Waals surface area (Å²) < 4.78 is 45.1. The van der Waals surface area contributed by atoms with Crippen molar-refractivity contribution in [1.82, 2.24) is 10.0 Å². The quantitative estimate of drug-likeness (QED) is 0.0322. The average molecular weight is 684 g/mol. The molecule has 0 heterocycles. The van der Waals surface area contributed by atoms with Gasteiger partial charge in [-0.05, 0) is 72.6 Å².